The third-order valence-corrected chi connectivity index (χ3v) is 11.2. The van der Waals surface area contributed by atoms with Crippen LogP contribution in [0, 0.1) is 0 Å². The highest BCUT2D eigenvalue weighted by atomic mass is 15.1. The Morgan fingerprint density at radius 2 is 0.689 bits per heavy atom. The molecule has 5 heteroatoms. The molecule has 0 amide bonds. The SMILES string of the molecule is c1ccc(-c2ccc(-c3cc(-c4cccc(-c5cccc(-c6c7ccccc7c7nc(-c8ccccc8)nc(-c8ccccc8)n67)c5)c4)nc(-c4ccccc4)n3)cc2)cc1. The van der Waals surface area contributed by atoms with Gasteiger partial charge in [-0.2, -0.15) is 0 Å². The van der Waals surface area contributed by atoms with Crippen LogP contribution in [0.5, 0.6) is 0 Å². The second kappa shape index (κ2) is 15.5. The lowest BCUT2D eigenvalue weighted by molar-refractivity contribution is 1.05. The second-order valence-electron chi connectivity index (χ2n) is 15.1. The van der Waals surface area contributed by atoms with Gasteiger partial charge in [0.05, 0.1) is 17.1 Å². The molecule has 11 rings (SSSR count). The topological polar surface area (TPSA) is 56.0 Å². The zero-order chi connectivity index (χ0) is 40.5. The van der Waals surface area contributed by atoms with Gasteiger partial charge in [0.1, 0.15) is 11.5 Å². The summed E-state index contributed by atoms with van der Waals surface area (Å²) in [5.41, 5.74) is 14.3. The van der Waals surface area contributed by atoms with Crippen molar-refractivity contribution in [2.75, 3.05) is 0 Å². The van der Waals surface area contributed by atoms with Crippen molar-refractivity contribution in [2.24, 2.45) is 0 Å². The van der Waals surface area contributed by atoms with E-state index in [0.717, 1.165) is 83.8 Å². The molecular weight excluding hydrogens is 743 g/mol. The molecule has 61 heavy (non-hydrogen) atoms. The smallest absolute Gasteiger partial charge is 0.163 e. The number of hydrogen-bond donors (Lipinski definition) is 0. The van der Waals surface area contributed by atoms with Crippen molar-refractivity contribution in [1.82, 2.24) is 24.3 Å². The van der Waals surface area contributed by atoms with Crippen LogP contribution in [-0.4, -0.2) is 24.3 Å². The van der Waals surface area contributed by atoms with Crippen molar-refractivity contribution in [3.8, 4) is 90.2 Å². The van der Waals surface area contributed by atoms with Gasteiger partial charge < -0.3 is 0 Å². The van der Waals surface area contributed by atoms with Crippen molar-refractivity contribution in [3.05, 3.63) is 224 Å². The quantitative estimate of drug-likeness (QED) is 0.154. The molecule has 3 aromatic heterocycles. The molecular formula is C56H37N5. The fraction of sp³-hybridized carbons (Fsp3) is 0. The van der Waals surface area contributed by atoms with Crippen LogP contribution in [0.15, 0.2) is 224 Å². The Bertz CT molecular complexity index is 3330. The Labute approximate surface area is 354 Å². The van der Waals surface area contributed by atoms with Crippen LogP contribution in [0.1, 0.15) is 0 Å². The molecule has 286 valence electrons. The van der Waals surface area contributed by atoms with Gasteiger partial charge >= 0.3 is 0 Å². The normalized spacial score (nSPS) is 11.3. The number of rotatable bonds is 8. The van der Waals surface area contributed by atoms with Crippen LogP contribution < -0.4 is 0 Å². The van der Waals surface area contributed by atoms with E-state index >= 15 is 0 Å². The van der Waals surface area contributed by atoms with Crippen molar-refractivity contribution in [1.29, 1.82) is 0 Å². The van der Waals surface area contributed by atoms with Crippen molar-refractivity contribution in [2.45, 2.75) is 0 Å². The largest absolute Gasteiger partial charge is 0.277 e. The molecule has 0 fully saturated rings. The summed E-state index contributed by atoms with van der Waals surface area (Å²) in [5, 5.41) is 2.19. The highest BCUT2D eigenvalue weighted by Crippen LogP contribution is 2.39. The van der Waals surface area contributed by atoms with Gasteiger partial charge in [0.15, 0.2) is 11.6 Å². The van der Waals surface area contributed by atoms with E-state index in [4.69, 9.17) is 19.9 Å². The van der Waals surface area contributed by atoms with Crippen molar-refractivity contribution in [3.63, 3.8) is 0 Å². The number of aromatic nitrogens is 5. The first-order chi connectivity index (χ1) is 30.2. The van der Waals surface area contributed by atoms with E-state index in [1.165, 1.54) is 11.1 Å². The minimum absolute atomic E-state index is 0.687. The molecule has 0 aliphatic rings. The van der Waals surface area contributed by atoms with E-state index in [0.29, 0.717) is 11.6 Å². The number of hydrogen-bond acceptors (Lipinski definition) is 4. The maximum atomic E-state index is 5.26. The summed E-state index contributed by atoms with van der Waals surface area (Å²) in [5.74, 6) is 2.22. The first-order valence-electron chi connectivity index (χ1n) is 20.5. The molecule has 0 saturated carbocycles. The number of fused-ring (bicyclic) bond motifs is 3. The maximum absolute atomic E-state index is 5.26. The zero-order valence-corrected chi connectivity index (χ0v) is 33.1. The number of nitrogens with zero attached hydrogens (tertiary/aromatic N) is 5. The van der Waals surface area contributed by atoms with Gasteiger partial charge in [0.2, 0.25) is 0 Å². The summed E-state index contributed by atoms with van der Waals surface area (Å²) < 4.78 is 2.24. The Balaban J connectivity index is 1.04. The molecule has 0 saturated heterocycles. The lowest BCUT2D eigenvalue weighted by atomic mass is 9.97. The Hall–Kier alpha value is -8.28. The van der Waals surface area contributed by atoms with E-state index in [9.17, 15) is 0 Å². The Morgan fingerprint density at radius 1 is 0.262 bits per heavy atom. The van der Waals surface area contributed by atoms with Gasteiger partial charge in [0, 0.05) is 38.6 Å². The molecule has 0 bridgehead atoms. The van der Waals surface area contributed by atoms with E-state index in [-0.39, 0.29) is 0 Å². The number of benzene rings is 8. The molecule has 0 unspecified atom stereocenters. The lowest BCUT2D eigenvalue weighted by Crippen LogP contribution is -2.03. The minimum atomic E-state index is 0.687. The van der Waals surface area contributed by atoms with E-state index in [1.807, 2.05) is 48.5 Å². The van der Waals surface area contributed by atoms with Crippen LogP contribution in [-0.2, 0) is 0 Å². The second-order valence-corrected chi connectivity index (χ2v) is 15.1. The highest BCUT2D eigenvalue weighted by molar-refractivity contribution is 6.06. The molecule has 8 aromatic carbocycles. The van der Waals surface area contributed by atoms with Crippen LogP contribution in [0.2, 0.25) is 0 Å². The first kappa shape index (κ1) is 35.8. The van der Waals surface area contributed by atoms with E-state index in [1.54, 1.807) is 0 Å². The van der Waals surface area contributed by atoms with Crippen LogP contribution >= 0.6 is 0 Å². The molecule has 0 aliphatic carbocycles. The van der Waals surface area contributed by atoms with Gasteiger partial charge in [-0.15, -0.1) is 0 Å². The predicted octanol–water partition coefficient (Wildman–Crippen LogP) is 14.0. The molecule has 11 aromatic rings. The minimum Gasteiger partial charge on any atom is -0.277 e. The summed E-state index contributed by atoms with van der Waals surface area (Å²) in [6.07, 6.45) is 0. The van der Waals surface area contributed by atoms with Gasteiger partial charge in [0.25, 0.3) is 0 Å². The van der Waals surface area contributed by atoms with E-state index in [2.05, 4.69) is 180 Å². The Kier molecular flexibility index (Phi) is 9.10. The van der Waals surface area contributed by atoms with Crippen molar-refractivity contribution >= 4 is 16.4 Å². The summed E-state index contributed by atoms with van der Waals surface area (Å²) >= 11 is 0. The third kappa shape index (κ3) is 6.84. The van der Waals surface area contributed by atoms with Gasteiger partial charge in [-0.3, -0.25) is 4.40 Å². The Morgan fingerprint density at radius 3 is 1.31 bits per heavy atom. The first-order valence-corrected chi connectivity index (χ1v) is 20.5. The predicted molar refractivity (Wildman–Crippen MR) is 250 cm³/mol. The molecule has 0 spiro atoms. The van der Waals surface area contributed by atoms with Gasteiger partial charge in [-0.05, 0) is 46.0 Å². The van der Waals surface area contributed by atoms with Crippen molar-refractivity contribution < 1.29 is 0 Å². The maximum Gasteiger partial charge on any atom is 0.163 e. The van der Waals surface area contributed by atoms with Crippen LogP contribution in [0.25, 0.3) is 107 Å². The van der Waals surface area contributed by atoms with Crippen LogP contribution in [0.4, 0.5) is 0 Å². The molecule has 0 atom stereocenters. The monoisotopic (exact) mass is 779 g/mol. The fourth-order valence-electron chi connectivity index (χ4n) is 8.23. The molecule has 0 aliphatic heterocycles. The summed E-state index contributed by atoms with van der Waals surface area (Å²) in [6, 6.07) is 78.0. The third-order valence-electron chi connectivity index (χ3n) is 11.2. The molecule has 5 nitrogen and oxygen atoms in total. The average Bonchev–Trinajstić information content (AvgIpc) is 3.69. The molecule has 3 heterocycles. The van der Waals surface area contributed by atoms with Gasteiger partial charge in [-0.1, -0.05) is 206 Å². The fourth-order valence-corrected chi connectivity index (χ4v) is 8.23. The molecule has 0 radical (unpaired) electrons. The van der Waals surface area contributed by atoms with Gasteiger partial charge in [-0.25, -0.2) is 19.9 Å². The average molecular weight is 780 g/mol. The van der Waals surface area contributed by atoms with Crippen LogP contribution in [0.3, 0.4) is 0 Å². The summed E-state index contributed by atoms with van der Waals surface area (Å²) in [7, 11) is 0. The highest BCUT2D eigenvalue weighted by Gasteiger charge is 2.21. The standard InChI is InChI=1S/C56H37N5/c1-5-17-38(18-6-1)39-31-33-40(34-32-39)50-37-51(58-53(57-50)41-19-7-2-8-20-41)46-27-15-25-44(35-46)45-26-16-28-47(36-45)52-48-29-13-14-30-49(48)56-60-54(42-21-9-3-10-22-42)59-55(61(52)56)43-23-11-4-12-24-43/h1-37H. The molecule has 0 N–H and O–H groups in total. The summed E-state index contributed by atoms with van der Waals surface area (Å²) in [6.45, 7) is 0. The zero-order valence-electron chi connectivity index (χ0n) is 33.1. The lowest BCUT2D eigenvalue weighted by Gasteiger charge is -2.13. The summed E-state index contributed by atoms with van der Waals surface area (Å²) in [4.78, 5) is 20.8. The van der Waals surface area contributed by atoms with E-state index < -0.39 is 0 Å².